The first-order chi connectivity index (χ1) is 11.3. The summed E-state index contributed by atoms with van der Waals surface area (Å²) in [6, 6.07) is 7.77. The van der Waals surface area contributed by atoms with Gasteiger partial charge in [0.15, 0.2) is 0 Å². The minimum atomic E-state index is -0.806. The molecule has 6 heteroatoms. The van der Waals surface area contributed by atoms with E-state index >= 15 is 0 Å². The van der Waals surface area contributed by atoms with Crippen molar-refractivity contribution >= 4 is 17.7 Å². The summed E-state index contributed by atoms with van der Waals surface area (Å²) in [7, 11) is 0. The lowest BCUT2D eigenvalue weighted by Crippen LogP contribution is -2.53. The summed E-state index contributed by atoms with van der Waals surface area (Å²) in [5.41, 5.74) is 7.29. The number of carbonyl (C=O) groups is 3. The molecule has 0 aliphatic rings. The van der Waals surface area contributed by atoms with Crippen molar-refractivity contribution in [3.05, 3.63) is 47.5 Å². The third-order valence-corrected chi connectivity index (χ3v) is 3.40. The average Bonchev–Trinajstić information content (AvgIpc) is 2.50. The van der Waals surface area contributed by atoms with Crippen LogP contribution in [0.4, 0.5) is 0 Å². The second-order valence-corrected chi connectivity index (χ2v) is 5.92. The fraction of sp³-hybridized carbons (Fsp3) is 0.389. The van der Waals surface area contributed by atoms with E-state index in [1.165, 1.54) is 6.92 Å². The van der Waals surface area contributed by atoms with Crippen molar-refractivity contribution in [3.63, 3.8) is 0 Å². The number of carbonyl (C=O) groups excluding carboxylic acids is 3. The predicted octanol–water partition coefficient (Wildman–Crippen LogP) is 1.06. The second kappa shape index (κ2) is 9.50. The molecule has 1 aromatic rings. The van der Waals surface area contributed by atoms with Crippen LogP contribution < -0.4 is 16.4 Å². The lowest BCUT2D eigenvalue weighted by atomic mass is 10.0. The lowest BCUT2D eigenvalue weighted by Gasteiger charge is -2.21. The fourth-order valence-corrected chi connectivity index (χ4v) is 2.18. The molecule has 24 heavy (non-hydrogen) atoms. The Hall–Kier alpha value is -2.63. The van der Waals surface area contributed by atoms with Gasteiger partial charge in [-0.2, -0.15) is 0 Å². The number of primary amides is 1. The van der Waals surface area contributed by atoms with Crippen LogP contribution in [0.5, 0.6) is 0 Å². The second-order valence-electron chi connectivity index (χ2n) is 5.92. The minimum absolute atomic E-state index is 0.314. The zero-order valence-corrected chi connectivity index (χ0v) is 14.3. The van der Waals surface area contributed by atoms with Crippen LogP contribution in [0.1, 0.15) is 32.8 Å². The summed E-state index contributed by atoms with van der Waals surface area (Å²) < 4.78 is 0. The summed E-state index contributed by atoms with van der Waals surface area (Å²) in [6.45, 7) is 5.14. The first-order valence-corrected chi connectivity index (χ1v) is 7.83. The van der Waals surface area contributed by atoms with E-state index in [9.17, 15) is 14.4 Å². The maximum Gasteiger partial charge on any atom is 0.243 e. The Morgan fingerprint density at radius 3 is 2.17 bits per heavy atom. The van der Waals surface area contributed by atoms with Crippen molar-refractivity contribution < 1.29 is 14.4 Å². The molecule has 0 radical (unpaired) electrons. The monoisotopic (exact) mass is 331 g/mol. The van der Waals surface area contributed by atoms with Crippen molar-refractivity contribution in [2.75, 3.05) is 0 Å². The summed E-state index contributed by atoms with van der Waals surface area (Å²) in [5, 5.41) is 5.24. The van der Waals surface area contributed by atoms with Gasteiger partial charge in [0.2, 0.25) is 17.7 Å². The minimum Gasteiger partial charge on any atom is -0.368 e. The maximum atomic E-state index is 12.5. The van der Waals surface area contributed by atoms with Crippen LogP contribution in [0.2, 0.25) is 0 Å². The fourth-order valence-electron chi connectivity index (χ4n) is 2.18. The van der Waals surface area contributed by atoms with E-state index in [2.05, 4.69) is 10.6 Å². The number of rotatable bonds is 8. The number of benzene rings is 1. The van der Waals surface area contributed by atoms with Gasteiger partial charge in [0, 0.05) is 13.3 Å². The van der Waals surface area contributed by atoms with Gasteiger partial charge in [-0.1, -0.05) is 42.0 Å². The summed E-state index contributed by atoms with van der Waals surface area (Å²) in [6.07, 6.45) is 2.49. The van der Waals surface area contributed by atoms with Crippen molar-refractivity contribution in [1.29, 1.82) is 0 Å². The highest BCUT2D eigenvalue weighted by Crippen LogP contribution is 2.05. The zero-order chi connectivity index (χ0) is 18.1. The molecule has 2 atom stereocenters. The van der Waals surface area contributed by atoms with E-state index in [-0.39, 0.29) is 5.91 Å². The smallest absolute Gasteiger partial charge is 0.243 e. The number of allylic oxidation sites excluding steroid dienone is 1. The molecule has 6 nitrogen and oxygen atoms in total. The zero-order valence-electron chi connectivity index (χ0n) is 14.3. The van der Waals surface area contributed by atoms with Gasteiger partial charge in [-0.15, -0.1) is 0 Å². The normalized spacial score (nSPS) is 12.6. The van der Waals surface area contributed by atoms with E-state index in [1.54, 1.807) is 0 Å². The third-order valence-electron chi connectivity index (χ3n) is 3.40. The van der Waals surface area contributed by atoms with E-state index < -0.39 is 23.9 Å². The number of nitrogens with two attached hydrogens (primary N) is 1. The topological polar surface area (TPSA) is 101 Å². The van der Waals surface area contributed by atoms with E-state index in [4.69, 9.17) is 5.73 Å². The molecule has 0 aliphatic carbocycles. The molecule has 130 valence electrons. The number of amides is 3. The molecule has 0 bridgehead atoms. The maximum absolute atomic E-state index is 12.5. The Balaban J connectivity index is 2.83. The Morgan fingerprint density at radius 1 is 1.04 bits per heavy atom. The molecule has 3 amide bonds. The standard InChI is InChI=1S/C18H25N3O3/c1-12(2)9-10-15(17(19)23)21-18(24)16(20-13(3)22)11-14-7-5-4-6-8-14/h4-9,15-16H,10-11H2,1-3H3,(H2,19,23)(H,20,22)(H,21,24)/t15-,16-/m0/s1. The van der Waals surface area contributed by atoms with Gasteiger partial charge in [-0.05, 0) is 25.8 Å². The molecule has 1 aromatic carbocycles. The molecule has 0 fully saturated rings. The van der Waals surface area contributed by atoms with Crippen LogP contribution in [0.3, 0.4) is 0 Å². The van der Waals surface area contributed by atoms with E-state index in [1.807, 2.05) is 50.3 Å². The van der Waals surface area contributed by atoms with Crippen molar-refractivity contribution in [2.45, 2.75) is 45.7 Å². The molecule has 4 N–H and O–H groups in total. The Kier molecular flexibility index (Phi) is 7.68. The molecule has 1 rings (SSSR count). The molecule has 0 aliphatic heterocycles. The van der Waals surface area contributed by atoms with E-state index in [0.717, 1.165) is 11.1 Å². The highest BCUT2D eigenvalue weighted by molar-refractivity contribution is 5.91. The van der Waals surface area contributed by atoms with Crippen LogP contribution in [0.15, 0.2) is 42.0 Å². The van der Waals surface area contributed by atoms with E-state index in [0.29, 0.717) is 12.8 Å². The van der Waals surface area contributed by atoms with Gasteiger partial charge in [-0.3, -0.25) is 14.4 Å². The van der Waals surface area contributed by atoms with Gasteiger partial charge in [-0.25, -0.2) is 0 Å². The predicted molar refractivity (Wildman–Crippen MR) is 92.9 cm³/mol. The van der Waals surface area contributed by atoms with Gasteiger partial charge in [0.1, 0.15) is 12.1 Å². The van der Waals surface area contributed by atoms with Crippen LogP contribution in [0, 0.1) is 0 Å². The molecule has 0 saturated carbocycles. The highest BCUT2D eigenvalue weighted by atomic mass is 16.2. The third kappa shape index (κ3) is 7.09. The number of nitrogens with one attached hydrogen (secondary N) is 2. The molecule has 0 heterocycles. The van der Waals surface area contributed by atoms with Crippen molar-refractivity contribution in [3.8, 4) is 0 Å². The van der Waals surface area contributed by atoms with Crippen molar-refractivity contribution in [2.24, 2.45) is 5.73 Å². The van der Waals surface area contributed by atoms with Crippen LogP contribution in [-0.4, -0.2) is 29.8 Å². The molecule has 0 unspecified atom stereocenters. The molecule has 0 saturated heterocycles. The molecular weight excluding hydrogens is 306 g/mol. The average molecular weight is 331 g/mol. The van der Waals surface area contributed by atoms with Gasteiger partial charge >= 0.3 is 0 Å². The Bertz CT molecular complexity index is 607. The SMILES string of the molecule is CC(=O)N[C@@H](Cc1ccccc1)C(=O)N[C@@H](CC=C(C)C)C(N)=O. The van der Waals surface area contributed by atoms with Gasteiger partial charge < -0.3 is 16.4 Å². The molecule has 0 aromatic heterocycles. The first-order valence-electron chi connectivity index (χ1n) is 7.83. The quantitative estimate of drug-likeness (QED) is 0.621. The van der Waals surface area contributed by atoms with Crippen molar-refractivity contribution in [1.82, 2.24) is 10.6 Å². The summed E-state index contributed by atoms with van der Waals surface area (Å²) >= 11 is 0. The Labute approximate surface area is 142 Å². The van der Waals surface area contributed by atoms with Crippen LogP contribution in [0.25, 0.3) is 0 Å². The Morgan fingerprint density at radius 2 is 1.67 bits per heavy atom. The molecule has 0 spiro atoms. The highest BCUT2D eigenvalue weighted by Gasteiger charge is 2.24. The summed E-state index contributed by atoms with van der Waals surface area (Å²) in [5.74, 6) is -1.35. The first kappa shape index (κ1) is 19.4. The molecular formula is C18H25N3O3. The van der Waals surface area contributed by atoms with Crippen LogP contribution >= 0.6 is 0 Å². The number of hydrogen-bond donors (Lipinski definition) is 3. The summed E-state index contributed by atoms with van der Waals surface area (Å²) in [4.78, 5) is 35.4. The lowest BCUT2D eigenvalue weighted by molar-refractivity contribution is -0.130. The number of hydrogen-bond acceptors (Lipinski definition) is 3. The van der Waals surface area contributed by atoms with Crippen LogP contribution in [-0.2, 0) is 20.8 Å². The largest absolute Gasteiger partial charge is 0.368 e. The van der Waals surface area contributed by atoms with Gasteiger partial charge in [0.25, 0.3) is 0 Å². The van der Waals surface area contributed by atoms with Gasteiger partial charge in [0.05, 0.1) is 0 Å².